The summed E-state index contributed by atoms with van der Waals surface area (Å²) < 4.78 is 11.9. The van der Waals surface area contributed by atoms with Gasteiger partial charge >= 0.3 is 0 Å². The Labute approximate surface area is 191 Å². The highest BCUT2D eigenvalue weighted by atomic mass is 127. The van der Waals surface area contributed by atoms with Crippen LogP contribution in [0.1, 0.15) is 56.7 Å². The predicted octanol–water partition coefficient (Wildman–Crippen LogP) is 4.49. The van der Waals surface area contributed by atoms with Gasteiger partial charge in [0.1, 0.15) is 0 Å². The molecule has 1 N–H and O–H groups in total. The standard InChI is InChI=1S/C21H35N3O2S.HI/c1-3-22-21(23-15-17(2)20-8-6-14-27-20)24-11-9-18(10-12-24)26-16-19-7-4-5-13-25-19;/h6,8,14,17-19H,3-5,7,9-13,15-16H2,1-2H3,(H,22,23);1H. The van der Waals surface area contributed by atoms with Crippen LogP contribution in [0.15, 0.2) is 22.5 Å². The predicted molar refractivity (Wildman–Crippen MR) is 128 cm³/mol. The van der Waals surface area contributed by atoms with Crippen LogP contribution in [0, 0.1) is 0 Å². The summed E-state index contributed by atoms with van der Waals surface area (Å²) in [6, 6.07) is 4.32. The number of likely N-dealkylation sites (tertiary alicyclic amines) is 1. The van der Waals surface area contributed by atoms with Crippen LogP contribution in [0.5, 0.6) is 0 Å². The Morgan fingerprint density at radius 3 is 2.82 bits per heavy atom. The first-order valence-electron chi connectivity index (χ1n) is 10.6. The van der Waals surface area contributed by atoms with E-state index >= 15 is 0 Å². The highest BCUT2D eigenvalue weighted by Gasteiger charge is 2.24. The highest BCUT2D eigenvalue weighted by Crippen LogP contribution is 2.21. The number of ether oxygens (including phenoxy) is 2. The van der Waals surface area contributed by atoms with Crippen molar-refractivity contribution >= 4 is 41.3 Å². The van der Waals surface area contributed by atoms with Gasteiger partial charge in [0.2, 0.25) is 0 Å². The van der Waals surface area contributed by atoms with Crippen LogP contribution in [0.4, 0.5) is 0 Å². The van der Waals surface area contributed by atoms with Crippen LogP contribution in [0.25, 0.3) is 0 Å². The molecule has 3 rings (SSSR count). The molecule has 7 heteroatoms. The number of rotatable bonds is 7. The molecule has 160 valence electrons. The molecule has 0 spiro atoms. The second-order valence-corrected chi connectivity index (χ2v) is 8.60. The molecule has 3 heterocycles. The molecule has 28 heavy (non-hydrogen) atoms. The first kappa shape index (κ1) is 23.9. The van der Waals surface area contributed by atoms with E-state index in [4.69, 9.17) is 14.5 Å². The van der Waals surface area contributed by atoms with Gasteiger partial charge in [0.05, 0.1) is 25.4 Å². The largest absolute Gasteiger partial charge is 0.376 e. The molecule has 0 radical (unpaired) electrons. The molecule has 2 aliphatic heterocycles. The lowest BCUT2D eigenvalue weighted by molar-refractivity contribution is -0.0721. The van der Waals surface area contributed by atoms with Gasteiger partial charge in [0, 0.05) is 37.0 Å². The number of halogens is 1. The average molecular weight is 522 g/mol. The van der Waals surface area contributed by atoms with Crippen molar-refractivity contribution in [2.75, 3.05) is 39.4 Å². The molecule has 2 fully saturated rings. The highest BCUT2D eigenvalue weighted by molar-refractivity contribution is 14.0. The van der Waals surface area contributed by atoms with E-state index in [9.17, 15) is 0 Å². The van der Waals surface area contributed by atoms with Crippen molar-refractivity contribution < 1.29 is 9.47 Å². The second kappa shape index (κ2) is 13.0. The third kappa shape index (κ3) is 7.46. The molecule has 0 bridgehead atoms. The lowest BCUT2D eigenvalue weighted by atomic mass is 10.1. The zero-order chi connectivity index (χ0) is 18.9. The Morgan fingerprint density at radius 2 is 2.18 bits per heavy atom. The van der Waals surface area contributed by atoms with Gasteiger partial charge in [0.15, 0.2) is 5.96 Å². The first-order chi connectivity index (χ1) is 13.3. The Morgan fingerprint density at radius 1 is 1.36 bits per heavy atom. The molecule has 1 aromatic rings. The molecule has 0 aromatic carbocycles. The molecule has 2 aliphatic rings. The number of hydrogen-bond donors (Lipinski definition) is 1. The molecule has 2 atom stereocenters. The minimum Gasteiger partial charge on any atom is -0.376 e. The van der Waals surface area contributed by atoms with E-state index < -0.39 is 0 Å². The van der Waals surface area contributed by atoms with E-state index in [1.807, 2.05) is 11.3 Å². The van der Waals surface area contributed by atoms with Crippen LogP contribution in [-0.4, -0.2) is 62.5 Å². The van der Waals surface area contributed by atoms with Crippen molar-refractivity contribution in [1.82, 2.24) is 10.2 Å². The van der Waals surface area contributed by atoms with Crippen LogP contribution in [0.3, 0.4) is 0 Å². The maximum Gasteiger partial charge on any atom is 0.193 e. The van der Waals surface area contributed by atoms with Gasteiger partial charge in [0.25, 0.3) is 0 Å². The average Bonchev–Trinajstić information content (AvgIpc) is 3.26. The monoisotopic (exact) mass is 521 g/mol. The summed E-state index contributed by atoms with van der Waals surface area (Å²) in [6.07, 6.45) is 6.44. The third-order valence-corrected chi connectivity index (χ3v) is 6.52. The van der Waals surface area contributed by atoms with Crippen LogP contribution < -0.4 is 5.32 Å². The van der Waals surface area contributed by atoms with E-state index in [2.05, 4.69) is 41.6 Å². The van der Waals surface area contributed by atoms with E-state index in [1.54, 1.807) is 0 Å². The van der Waals surface area contributed by atoms with Crippen molar-refractivity contribution in [3.8, 4) is 0 Å². The topological polar surface area (TPSA) is 46.1 Å². The van der Waals surface area contributed by atoms with E-state index in [0.717, 1.165) is 64.6 Å². The Bertz CT molecular complexity index is 556. The van der Waals surface area contributed by atoms with E-state index in [1.165, 1.54) is 17.7 Å². The fraction of sp³-hybridized carbons (Fsp3) is 0.762. The SMILES string of the molecule is CCNC(=NCC(C)c1cccs1)N1CCC(OCC2CCCCO2)CC1.I. The van der Waals surface area contributed by atoms with Crippen molar-refractivity contribution in [3.05, 3.63) is 22.4 Å². The summed E-state index contributed by atoms with van der Waals surface area (Å²) in [4.78, 5) is 8.71. The molecule has 1 aromatic heterocycles. The van der Waals surface area contributed by atoms with Crippen molar-refractivity contribution in [2.24, 2.45) is 4.99 Å². The fourth-order valence-corrected chi connectivity index (χ4v) is 4.51. The van der Waals surface area contributed by atoms with Crippen LogP contribution in [-0.2, 0) is 9.47 Å². The van der Waals surface area contributed by atoms with Crippen molar-refractivity contribution in [2.45, 2.75) is 64.1 Å². The summed E-state index contributed by atoms with van der Waals surface area (Å²) in [6.45, 7) is 9.81. The number of nitrogens with one attached hydrogen (secondary N) is 1. The third-order valence-electron chi connectivity index (χ3n) is 5.41. The number of hydrogen-bond acceptors (Lipinski definition) is 4. The number of aliphatic imine (C=N–C) groups is 1. The van der Waals surface area contributed by atoms with Gasteiger partial charge in [-0.2, -0.15) is 0 Å². The molecule has 0 saturated carbocycles. The van der Waals surface area contributed by atoms with E-state index in [-0.39, 0.29) is 24.0 Å². The number of thiophene rings is 1. The molecular weight excluding hydrogens is 485 g/mol. The molecule has 0 amide bonds. The Balaban J connectivity index is 0.00000280. The Kier molecular flexibility index (Phi) is 11.1. The van der Waals surface area contributed by atoms with Gasteiger partial charge in [-0.15, -0.1) is 35.3 Å². The quantitative estimate of drug-likeness (QED) is 0.327. The van der Waals surface area contributed by atoms with E-state index in [0.29, 0.717) is 18.1 Å². The summed E-state index contributed by atoms with van der Waals surface area (Å²) in [5.41, 5.74) is 0. The van der Waals surface area contributed by atoms with Gasteiger partial charge < -0.3 is 19.7 Å². The lowest BCUT2D eigenvalue weighted by Gasteiger charge is -2.35. The van der Waals surface area contributed by atoms with Gasteiger partial charge in [-0.05, 0) is 50.5 Å². The summed E-state index contributed by atoms with van der Waals surface area (Å²) in [7, 11) is 0. The van der Waals surface area contributed by atoms with Gasteiger partial charge in [-0.25, -0.2) is 0 Å². The molecule has 0 aliphatic carbocycles. The lowest BCUT2D eigenvalue weighted by Crippen LogP contribution is -2.47. The summed E-state index contributed by atoms with van der Waals surface area (Å²) in [5.74, 6) is 1.52. The zero-order valence-electron chi connectivity index (χ0n) is 17.3. The number of nitrogens with zero attached hydrogens (tertiary/aromatic N) is 2. The second-order valence-electron chi connectivity index (χ2n) is 7.62. The van der Waals surface area contributed by atoms with Crippen LogP contribution >= 0.6 is 35.3 Å². The number of piperidine rings is 1. The molecule has 5 nitrogen and oxygen atoms in total. The van der Waals surface area contributed by atoms with Crippen molar-refractivity contribution in [1.29, 1.82) is 0 Å². The maximum atomic E-state index is 6.15. The fourth-order valence-electron chi connectivity index (χ4n) is 3.73. The summed E-state index contributed by atoms with van der Waals surface area (Å²) >= 11 is 1.82. The van der Waals surface area contributed by atoms with Crippen molar-refractivity contribution in [3.63, 3.8) is 0 Å². The zero-order valence-corrected chi connectivity index (χ0v) is 20.4. The maximum absolute atomic E-state index is 6.15. The Hall–Kier alpha value is -0.380. The minimum atomic E-state index is 0. The molecular formula is C21H36IN3O2S. The normalized spacial score (nSPS) is 22.6. The van der Waals surface area contributed by atoms with Crippen LogP contribution in [0.2, 0.25) is 0 Å². The minimum absolute atomic E-state index is 0. The smallest absolute Gasteiger partial charge is 0.193 e. The first-order valence-corrected chi connectivity index (χ1v) is 11.4. The van der Waals surface area contributed by atoms with Gasteiger partial charge in [-0.3, -0.25) is 4.99 Å². The molecule has 2 saturated heterocycles. The van der Waals surface area contributed by atoms with Gasteiger partial charge in [-0.1, -0.05) is 13.0 Å². The summed E-state index contributed by atoms with van der Waals surface area (Å²) in [5, 5.41) is 5.61. The molecule has 2 unspecified atom stereocenters. The number of guanidine groups is 1.